The second-order valence-corrected chi connectivity index (χ2v) is 5.75. The van der Waals surface area contributed by atoms with Gasteiger partial charge < -0.3 is 0 Å². The summed E-state index contributed by atoms with van der Waals surface area (Å²) in [6, 6.07) is 19.3. The maximum atomic E-state index is 4.68. The third-order valence-corrected chi connectivity index (χ3v) is 4.25. The lowest BCUT2D eigenvalue weighted by Gasteiger charge is -2.11. The molecule has 0 amide bonds. The van der Waals surface area contributed by atoms with Crippen LogP contribution in [0, 0.1) is 13.8 Å². The van der Waals surface area contributed by atoms with Crippen molar-refractivity contribution < 1.29 is 0 Å². The van der Waals surface area contributed by atoms with E-state index in [4.69, 9.17) is 0 Å². The van der Waals surface area contributed by atoms with Gasteiger partial charge in [0.15, 0.2) is 0 Å². The van der Waals surface area contributed by atoms with Crippen LogP contribution >= 0.6 is 0 Å². The summed E-state index contributed by atoms with van der Waals surface area (Å²) < 4.78 is 0. The first-order chi connectivity index (χ1) is 10.7. The maximum absolute atomic E-state index is 4.68. The molecule has 0 atom stereocenters. The first kappa shape index (κ1) is 14.5. The molecule has 110 valence electrons. The van der Waals surface area contributed by atoms with Crippen LogP contribution in [0.3, 0.4) is 0 Å². The Hall–Kier alpha value is -2.41. The van der Waals surface area contributed by atoms with E-state index in [2.05, 4.69) is 80.4 Å². The van der Waals surface area contributed by atoms with Gasteiger partial charge in [0.25, 0.3) is 0 Å². The monoisotopic (exact) mass is 287 g/mol. The van der Waals surface area contributed by atoms with Crippen LogP contribution in [0.1, 0.15) is 23.6 Å². The summed E-state index contributed by atoms with van der Waals surface area (Å²) in [5, 5.41) is 0. The van der Waals surface area contributed by atoms with E-state index in [9.17, 15) is 0 Å². The Labute approximate surface area is 132 Å². The van der Waals surface area contributed by atoms with Gasteiger partial charge in [0.05, 0.1) is 5.69 Å². The van der Waals surface area contributed by atoms with Crippen LogP contribution in [0.15, 0.2) is 60.8 Å². The van der Waals surface area contributed by atoms with Crippen LogP contribution in [-0.4, -0.2) is 4.98 Å². The van der Waals surface area contributed by atoms with Gasteiger partial charge in [-0.15, -0.1) is 0 Å². The van der Waals surface area contributed by atoms with E-state index in [0.717, 1.165) is 12.1 Å². The number of pyridine rings is 1. The van der Waals surface area contributed by atoms with Crippen LogP contribution in [0.4, 0.5) is 0 Å². The Bertz CT molecular complexity index is 788. The molecule has 0 unspecified atom stereocenters. The Morgan fingerprint density at radius 1 is 0.818 bits per heavy atom. The van der Waals surface area contributed by atoms with Crippen molar-refractivity contribution in [2.45, 2.75) is 27.2 Å². The van der Waals surface area contributed by atoms with E-state index in [1.807, 2.05) is 6.20 Å². The average Bonchev–Trinajstić information content (AvgIpc) is 2.57. The fraction of sp³-hybridized carbons (Fsp3) is 0.190. The minimum Gasteiger partial charge on any atom is -0.256 e. The van der Waals surface area contributed by atoms with Gasteiger partial charge in [-0.2, -0.15) is 0 Å². The zero-order chi connectivity index (χ0) is 15.5. The highest BCUT2D eigenvalue weighted by Crippen LogP contribution is 2.29. The second-order valence-electron chi connectivity index (χ2n) is 5.75. The minimum absolute atomic E-state index is 0.991. The zero-order valence-electron chi connectivity index (χ0n) is 13.4. The molecular formula is C21H21N. The average molecular weight is 287 g/mol. The van der Waals surface area contributed by atoms with Crippen molar-refractivity contribution in [1.82, 2.24) is 4.98 Å². The summed E-state index contributed by atoms with van der Waals surface area (Å²) in [4.78, 5) is 4.68. The molecule has 0 aliphatic heterocycles. The summed E-state index contributed by atoms with van der Waals surface area (Å²) >= 11 is 0. The molecule has 0 saturated carbocycles. The zero-order valence-corrected chi connectivity index (χ0v) is 13.4. The van der Waals surface area contributed by atoms with Crippen molar-refractivity contribution in [1.29, 1.82) is 0 Å². The molecule has 0 bridgehead atoms. The number of hydrogen-bond acceptors (Lipinski definition) is 1. The normalized spacial score (nSPS) is 10.7. The molecule has 1 heterocycles. The van der Waals surface area contributed by atoms with Gasteiger partial charge in [-0.3, -0.25) is 4.98 Å². The predicted octanol–water partition coefficient (Wildman–Crippen LogP) is 5.59. The number of aromatic nitrogens is 1. The van der Waals surface area contributed by atoms with Gasteiger partial charge in [0.1, 0.15) is 0 Å². The van der Waals surface area contributed by atoms with Crippen molar-refractivity contribution in [3.8, 4) is 22.4 Å². The summed E-state index contributed by atoms with van der Waals surface area (Å²) in [6.45, 7) is 6.47. The smallest absolute Gasteiger partial charge is 0.0708 e. The fourth-order valence-corrected chi connectivity index (χ4v) is 2.71. The van der Waals surface area contributed by atoms with Gasteiger partial charge in [0.2, 0.25) is 0 Å². The van der Waals surface area contributed by atoms with Gasteiger partial charge in [-0.1, -0.05) is 49.4 Å². The van der Waals surface area contributed by atoms with Crippen LogP contribution < -0.4 is 0 Å². The number of nitrogens with zero attached hydrogens (tertiary/aromatic N) is 1. The lowest BCUT2D eigenvalue weighted by Crippen LogP contribution is -1.93. The van der Waals surface area contributed by atoms with Gasteiger partial charge in [-0.05, 0) is 60.2 Å². The van der Waals surface area contributed by atoms with Gasteiger partial charge in [-0.25, -0.2) is 0 Å². The summed E-state index contributed by atoms with van der Waals surface area (Å²) in [5.41, 5.74) is 8.68. The van der Waals surface area contributed by atoms with E-state index >= 15 is 0 Å². The Morgan fingerprint density at radius 3 is 2.27 bits per heavy atom. The minimum atomic E-state index is 0.991. The van der Waals surface area contributed by atoms with Crippen LogP contribution in [0.5, 0.6) is 0 Å². The molecule has 2 aromatic carbocycles. The van der Waals surface area contributed by atoms with Gasteiger partial charge in [0, 0.05) is 11.8 Å². The summed E-state index contributed by atoms with van der Waals surface area (Å²) in [5.74, 6) is 0. The van der Waals surface area contributed by atoms with Crippen LogP contribution in [0.2, 0.25) is 0 Å². The molecule has 0 radical (unpaired) electrons. The third kappa shape index (κ3) is 2.80. The Kier molecular flexibility index (Phi) is 4.06. The van der Waals surface area contributed by atoms with E-state index < -0.39 is 0 Å². The predicted molar refractivity (Wildman–Crippen MR) is 94.0 cm³/mol. The van der Waals surface area contributed by atoms with E-state index in [1.165, 1.54) is 33.4 Å². The standard InChI is InChI=1S/C21H21N/c1-4-17-14-22-21(19-11-10-15(2)16(3)12-19)13-20(17)18-8-6-5-7-9-18/h5-14H,4H2,1-3H3. The van der Waals surface area contributed by atoms with Gasteiger partial charge >= 0.3 is 0 Å². The Morgan fingerprint density at radius 2 is 1.59 bits per heavy atom. The third-order valence-electron chi connectivity index (χ3n) is 4.25. The van der Waals surface area contributed by atoms with Crippen molar-refractivity contribution >= 4 is 0 Å². The molecule has 0 N–H and O–H groups in total. The van der Waals surface area contributed by atoms with E-state index in [0.29, 0.717) is 0 Å². The summed E-state index contributed by atoms with van der Waals surface area (Å²) in [7, 11) is 0. The summed E-state index contributed by atoms with van der Waals surface area (Å²) in [6.07, 6.45) is 3.01. The lowest BCUT2D eigenvalue weighted by molar-refractivity contribution is 1.11. The molecule has 0 aliphatic rings. The highest BCUT2D eigenvalue weighted by Gasteiger charge is 2.08. The lowest BCUT2D eigenvalue weighted by atomic mass is 9.96. The largest absolute Gasteiger partial charge is 0.256 e. The number of benzene rings is 2. The number of hydrogen-bond donors (Lipinski definition) is 0. The molecule has 0 saturated heterocycles. The Balaban J connectivity index is 2.13. The van der Waals surface area contributed by atoms with Crippen molar-refractivity contribution in [3.63, 3.8) is 0 Å². The molecule has 0 aliphatic carbocycles. The quantitative estimate of drug-likeness (QED) is 0.611. The fourth-order valence-electron chi connectivity index (χ4n) is 2.71. The molecule has 1 heteroatoms. The second kappa shape index (κ2) is 6.15. The molecular weight excluding hydrogens is 266 g/mol. The first-order valence-corrected chi connectivity index (χ1v) is 7.81. The van der Waals surface area contributed by atoms with Crippen molar-refractivity contribution in [2.75, 3.05) is 0 Å². The molecule has 3 aromatic rings. The highest BCUT2D eigenvalue weighted by atomic mass is 14.7. The molecule has 22 heavy (non-hydrogen) atoms. The molecule has 1 nitrogen and oxygen atoms in total. The molecule has 3 rings (SSSR count). The molecule has 0 fully saturated rings. The highest BCUT2D eigenvalue weighted by molar-refractivity contribution is 5.73. The number of rotatable bonds is 3. The first-order valence-electron chi connectivity index (χ1n) is 7.81. The van der Waals surface area contributed by atoms with Crippen LogP contribution in [-0.2, 0) is 6.42 Å². The molecule has 0 spiro atoms. The maximum Gasteiger partial charge on any atom is 0.0708 e. The van der Waals surface area contributed by atoms with E-state index in [1.54, 1.807) is 0 Å². The van der Waals surface area contributed by atoms with Crippen molar-refractivity contribution in [2.24, 2.45) is 0 Å². The topological polar surface area (TPSA) is 12.9 Å². The van der Waals surface area contributed by atoms with E-state index in [-0.39, 0.29) is 0 Å². The van der Waals surface area contributed by atoms with Crippen molar-refractivity contribution in [3.05, 3.63) is 77.5 Å². The van der Waals surface area contributed by atoms with Crippen LogP contribution in [0.25, 0.3) is 22.4 Å². The molecule has 1 aromatic heterocycles. The SMILES string of the molecule is CCc1cnc(-c2ccc(C)c(C)c2)cc1-c1ccccc1. The number of aryl methyl sites for hydroxylation is 3.